The number of fused-ring (bicyclic) bond motifs is 1. The second kappa shape index (κ2) is 10.8. The predicted octanol–water partition coefficient (Wildman–Crippen LogP) is 4.33. The molecule has 0 bridgehead atoms. The largest absolute Gasteiger partial charge is 0.465 e. The second-order valence-corrected chi connectivity index (χ2v) is 11.4. The second-order valence-electron chi connectivity index (χ2n) is 9.46. The molecule has 1 aliphatic heterocycles. The summed E-state index contributed by atoms with van der Waals surface area (Å²) in [7, 11) is -3.62. The summed E-state index contributed by atoms with van der Waals surface area (Å²) in [4.78, 5) is 11.1. The fraction of sp³-hybridized carbons (Fsp3) is 0.560. The molecular weight excluding hydrogens is 440 g/mol. The maximum atomic E-state index is 13.8. The molecule has 1 amide bonds. The summed E-state index contributed by atoms with van der Waals surface area (Å²) in [5.74, 6) is 0.935. The number of rotatable bonds is 8. The fourth-order valence-electron chi connectivity index (χ4n) is 5.10. The van der Waals surface area contributed by atoms with Crippen LogP contribution in [0, 0.1) is 17.8 Å². The number of amides is 1. The monoisotopic (exact) mass is 474 g/mol. The quantitative estimate of drug-likeness (QED) is 0.594. The average molecular weight is 475 g/mol. The van der Waals surface area contributed by atoms with Gasteiger partial charge in [0.05, 0.1) is 4.90 Å². The van der Waals surface area contributed by atoms with Crippen molar-refractivity contribution < 1.29 is 23.1 Å². The molecule has 0 spiro atoms. The third kappa shape index (κ3) is 6.25. The lowest BCUT2D eigenvalue weighted by Crippen LogP contribution is -2.41. The number of hydrogen-bond acceptors (Lipinski definition) is 4. The molecule has 2 aromatic rings. The maximum absolute atomic E-state index is 13.8. The highest BCUT2D eigenvalue weighted by Crippen LogP contribution is 2.32. The van der Waals surface area contributed by atoms with E-state index in [1.54, 1.807) is 16.4 Å². The fourth-order valence-corrected chi connectivity index (χ4v) is 6.73. The number of nitrogens with one attached hydrogen (secondary N) is 1. The Morgan fingerprint density at radius 2 is 1.52 bits per heavy atom. The summed E-state index contributed by atoms with van der Waals surface area (Å²) in [6.07, 6.45) is 4.47. The Morgan fingerprint density at radius 1 is 0.909 bits per heavy atom. The molecule has 8 heteroatoms. The van der Waals surface area contributed by atoms with E-state index in [2.05, 4.69) is 5.32 Å². The van der Waals surface area contributed by atoms with Crippen molar-refractivity contribution in [3.05, 3.63) is 42.5 Å². The first-order valence-electron chi connectivity index (χ1n) is 12.0. The predicted molar refractivity (Wildman–Crippen MR) is 128 cm³/mol. The van der Waals surface area contributed by atoms with Crippen LogP contribution in [-0.2, 0) is 14.8 Å². The summed E-state index contributed by atoms with van der Waals surface area (Å²) in [5, 5.41) is 13.3. The molecule has 1 saturated heterocycles. The van der Waals surface area contributed by atoms with E-state index in [0.717, 1.165) is 49.3 Å². The number of nitrogens with zero attached hydrogens (tertiary/aromatic N) is 1. The van der Waals surface area contributed by atoms with E-state index < -0.39 is 16.1 Å². The summed E-state index contributed by atoms with van der Waals surface area (Å²) in [6.45, 7) is 2.90. The SMILES string of the molecule is O=C(O)NC[C@H]1CC[C@H](CN(CC2CCOCC2)S(=O)(=O)c2ccc3ccccc3c2)CC1. The third-order valence-electron chi connectivity index (χ3n) is 7.13. The third-order valence-corrected chi connectivity index (χ3v) is 8.96. The van der Waals surface area contributed by atoms with Crippen molar-refractivity contribution in [3.63, 3.8) is 0 Å². The number of benzene rings is 2. The van der Waals surface area contributed by atoms with Crippen LogP contribution in [0.4, 0.5) is 4.79 Å². The number of carbonyl (C=O) groups is 1. The molecule has 2 aliphatic rings. The van der Waals surface area contributed by atoms with Gasteiger partial charge in [-0.3, -0.25) is 0 Å². The summed E-state index contributed by atoms with van der Waals surface area (Å²) in [5.41, 5.74) is 0. The van der Waals surface area contributed by atoms with Crippen LogP contribution in [0.5, 0.6) is 0 Å². The zero-order valence-electron chi connectivity index (χ0n) is 19.0. The van der Waals surface area contributed by atoms with Gasteiger partial charge in [-0.25, -0.2) is 13.2 Å². The van der Waals surface area contributed by atoms with Gasteiger partial charge in [-0.1, -0.05) is 30.3 Å². The molecule has 7 nitrogen and oxygen atoms in total. The van der Waals surface area contributed by atoms with Crippen LogP contribution in [0.15, 0.2) is 47.4 Å². The van der Waals surface area contributed by atoms with Gasteiger partial charge in [0.15, 0.2) is 0 Å². The topological polar surface area (TPSA) is 95.9 Å². The van der Waals surface area contributed by atoms with Crippen molar-refractivity contribution in [2.24, 2.45) is 17.8 Å². The van der Waals surface area contributed by atoms with E-state index in [9.17, 15) is 13.2 Å². The van der Waals surface area contributed by atoms with E-state index >= 15 is 0 Å². The lowest BCUT2D eigenvalue weighted by atomic mass is 9.82. The lowest BCUT2D eigenvalue weighted by Gasteiger charge is -2.34. The van der Waals surface area contributed by atoms with Gasteiger partial charge in [-0.05, 0) is 79.2 Å². The Morgan fingerprint density at radius 3 is 2.18 bits per heavy atom. The zero-order valence-corrected chi connectivity index (χ0v) is 19.8. The molecule has 2 aromatic carbocycles. The number of ether oxygens (including phenoxy) is 1. The van der Waals surface area contributed by atoms with E-state index in [1.807, 2.05) is 30.3 Å². The van der Waals surface area contributed by atoms with Gasteiger partial charge in [0.25, 0.3) is 0 Å². The van der Waals surface area contributed by atoms with Crippen LogP contribution in [-0.4, -0.2) is 56.8 Å². The minimum absolute atomic E-state index is 0.293. The van der Waals surface area contributed by atoms with Crippen molar-refractivity contribution in [1.82, 2.24) is 9.62 Å². The summed E-state index contributed by atoms with van der Waals surface area (Å²) in [6, 6.07) is 13.2. The highest BCUT2D eigenvalue weighted by molar-refractivity contribution is 7.89. The molecular formula is C25H34N2O5S. The smallest absolute Gasteiger partial charge is 0.404 e. The molecule has 1 heterocycles. The molecule has 0 aromatic heterocycles. The van der Waals surface area contributed by atoms with E-state index in [-0.39, 0.29) is 0 Å². The van der Waals surface area contributed by atoms with Crippen LogP contribution in [0.2, 0.25) is 0 Å². The van der Waals surface area contributed by atoms with Crippen LogP contribution >= 0.6 is 0 Å². The number of sulfonamides is 1. The van der Waals surface area contributed by atoms with Gasteiger partial charge in [-0.15, -0.1) is 0 Å². The van der Waals surface area contributed by atoms with Crippen molar-refractivity contribution in [3.8, 4) is 0 Å². The van der Waals surface area contributed by atoms with Crippen molar-refractivity contribution in [1.29, 1.82) is 0 Å². The van der Waals surface area contributed by atoms with Crippen molar-refractivity contribution in [2.45, 2.75) is 43.4 Å². The Hall–Kier alpha value is -2.16. The highest BCUT2D eigenvalue weighted by Gasteiger charge is 2.32. The lowest BCUT2D eigenvalue weighted by molar-refractivity contribution is 0.0588. The Labute approximate surface area is 196 Å². The zero-order chi connectivity index (χ0) is 23.3. The highest BCUT2D eigenvalue weighted by atomic mass is 32.2. The number of carboxylic acid groups (broad SMARTS) is 1. The van der Waals surface area contributed by atoms with Gasteiger partial charge in [0, 0.05) is 32.8 Å². The molecule has 0 radical (unpaired) electrons. The molecule has 1 saturated carbocycles. The van der Waals surface area contributed by atoms with E-state index in [4.69, 9.17) is 9.84 Å². The minimum Gasteiger partial charge on any atom is -0.465 e. The van der Waals surface area contributed by atoms with Gasteiger partial charge in [-0.2, -0.15) is 4.31 Å². The van der Waals surface area contributed by atoms with Crippen LogP contribution in [0.1, 0.15) is 38.5 Å². The standard InChI is InChI=1S/C25H34N2O5S/c28-25(29)26-16-19-5-7-20(8-6-19)17-27(18-21-11-13-32-14-12-21)33(30,31)24-10-9-22-3-1-2-4-23(22)15-24/h1-4,9-10,15,19-21,26H,5-8,11-14,16-18H2,(H,28,29)/t19-,20-. The van der Waals surface area contributed by atoms with Crippen LogP contribution in [0.25, 0.3) is 10.8 Å². The van der Waals surface area contributed by atoms with Crippen LogP contribution in [0.3, 0.4) is 0 Å². The van der Waals surface area contributed by atoms with Crippen LogP contribution < -0.4 is 5.32 Å². The molecule has 0 atom stereocenters. The van der Waals surface area contributed by atoms with Crippen molar-refractivity contribution in [2.75, 3.05) is 32.8 Å². The summed E-state index contributed by atoms with van der Waals surface area (Å²) >= 11 is 0. The Balaban J connectivity index is 1.49. The normalized spacial score (nSPS) is 22.5. The molecule has 180 valence electrons. The first-order valence-corrected chi connectivity index (χ1v) is 13.4. The molecule has 2 fully saturated rings. The Kier molecular flexibility index (Phi) is 7.88. The van der Waals surface area contributed by atoms with E-state index in [0.29, 0.717) is 55.5 Å². The van der Waals surface area contributed by atoms with Gasteiger partial charge in [0.2, 0.25) is 10.0 Å². The van der Waals surface area contributed by atoms with Gasteiger partial charge in [0.1, 0.15) is 0 Å². The minimum atomic E-state index is -3.62. The molecule has 1 aliphatic carbocycles. The van der Waals surface area contributed by atoms with Gasteiger partial charge >= 0.3 is 6.09 Å². The molecule has 4 rings (SSSR count). The first kappa shape index (κ1) is 24.0. The van der Waals surface area contributed by atoms with Gasteiger partial charge < -0.3 is 15.2 Å². The summed E-state index contributed by atoms with van der Waals surface area (Å²) < 4.78 is 34.8. The van der Waals surface area contributed by atoms with E-state index in [1.165, 1.54) is 0 Å². The number of hydrogen-bond donors (Lipinski definition) is 2. The first-order chi connectivity index (χ1) is 15.9. The average Bonchev–Trinajstić information content (AvgIpc) is 2.83. The molecule has 0 unspecified atom stereocenters. The Bertz CT molecular complexity index is 1040. The maximum Gasteiger partial charge on any atom is 0.404 e. The molecule has 33 heavy (non-hydrogen) atoms. The molecule has 2 N–H and O–H groups in total. The van der Waals surface area contributed by atoms with Crippen molar-refractivity contribution >= 4 is 26.9 Å².